The van der Waals surface area contributed by atoms with Gasteiger partial charge >= 0.3 is 6.09 Å². The molecule has 0 radical (unpaired) electrons. The molecule has 1 aromatic carbocycles. The highest BCUT2D eigenvalue weighted by atomic mass is 16.6. The van der Waals surface area contributed by atoms with Crippen molar-refractivity contribution in [2.24, 2.45) is 4.99 Å². The van der Waals surface area contributed by atoms with Crippen LogP contribution in [0.4, 0.5) is 4.79 Å². The van der Waals surface area contributed by atoms with E-state index in [-0.39, 0.29) is 12.0 Å². The van der Waals surface area contributed by atoms with Crippen LogP contribution in [0.2, 0.25) is 0 Å². The monoisotopic (exact) mass is 403 g/mol. The molecule has 8 heteroatoms. The quantitative estimate of drug-likeness (QED) is 0.414. The van der Waals surface area contributed by atoms with E-state index in [2.05, 4.69) is 27.4 Å². The van der Waals surface area contributed by atoms with Gasteiger partial charge in [0.15, 0.2) is 5.96 Å². The highest BCUT2D eigenvalue weighted by molar-refractivity contribution is 5.94. The van der Waals surface area contributed by atoms with Crippen molar-refractivity contribution in [2.45, 2.75) is 33.2 Å². The molecule has 1 aliphatic heterocycles. The molecule has 0 bridgehead atoms. The number of unbranched alkanes of at least 4 members (excludes halogenated alkanes) is 1. The number of benzene rings is 1. The predicted molar refractivity (Wildman–Crippen MR) is 114 cm³/mol. The Hall–Kier alpha value is -2.77. The van der Waals surface area contributed by atoms with Crippen molar-refractivity contribution in [1.82, 2.24) is 20.4 Å². The summed E-state index contributed by atoms with van der Waals surface area (Å²) in [6, 6.07) is 7.60. The first-order valence-corrected chi connectivity index (χ1v) is 10.3. The van der Waals surface area contributed by atoms with Crippen LogP contribution >= 0.6 is 0 Å². The van der Waals surface area contributed by atoms with Crippen LogP contribution in [0.5, 0.6) is 0 Å². The maximum Gasteiger partial charge on any atom is 0.409 e. The van der Waals surface area contributed by atoms with Gasteiger partial charge in [0.25, 0.3) is 5.91 Å². The summed E-state index contributed by atoms with van der Waals surface area (Å²) in [7, 11) is 1.75. The summed E-state index contributed by atoms with van der Waals surface area (Å²) >= 11 is 0. The van der Waals surface area contributed by atoms with E-state index in [0.29, 0.717) is 51.4 Å². The molecule has 0 atom stereocenters. The van der Waals surface area contributed by atoms with E-state index in [9.17, 15) is 9.59 Å². The maximum absolute atomic E-state index is 12.1. The largest absolute Gasteiger partial charge is 0.450 e. The number of guanidine groups is 1. The number of nitrogens with one attached hydrogen (secondary N) is 2. The number of carbonyl (C=O) groups excluding carboxylic acids is 2. The van der Waals surface area contributed by atoms with Gasteiger partial charge in [-0.25, -0.2) is 4.79 Å². The fraction of sp³-hybridized carbons (Fsp3) is 0.571. The van der Waals surface area contributed by atoms with Gasteiger partial charge in [0.2, 0.25) is 0 Å². The molecule has 1 heterocycles. The van der Waals surface area contributed by atoms with Gasteiger partial charge in [0.05, 0.1) is 6.61 Å². The van der Waals surface area contributed by atoms with E-state index >= 15 is 0 Å². The molecule has 2 rings (SSSR count). The SMILES string of the molecule is CCCCNC(=O)c1ccc(CNC(=NC)N2CCN(C(=O)OCC)CC2)cc1. The summed E-state index contributed by atoms with van der Waals surface area (Å²) in [6.07, 6.45) is 1.79. The Labute approximate surface area is 173 Å². The Morgan fingerprint density at radius 3 is 2.28 bits per heavy atom. The third-order valence-electron chi connectivity index (χ3n) is 4.80. The van der Waals surface area contributed by atoms with Crippen LogP contribution < -0.4 is 10.6 Å². The summed E-state index contributed by atoms with van der Waals surface area (Å²) in [5, 5.41) is 6.28. The molecule has 0 unspecified atom stereocenters. The maximum atomic E-state index is 12.1. The lowest BCUT2D eigenvalue weighted by molar-refractivity contribution is 0.0913. The summed E-state index contributed by atoms with van der Waals surface area (Å²) in [6.45, 7) is 8.25. The number of ether oxygens (including phenoxy) is 1. The van der Waals surface area contributed by atoms with Gasteiger partial charge in [-0.05, 0) is 31.0 Å². The van der Waals surface area contributed by atoms with E-state index in [1.165, 1.54) is 0 Å². The average Bonchev–Trinajstić information content (AvgIpc) is 2.75. The first kappa shape index (κ1) is 22.5. The molecular formula is C21H33N5O3. The molecule has 29 heavy (non-hydrogen) atoms. The van der Waals surface area contributed by atoms with E-state index in [0.717, 1.165) is 24.4 Å². The van der Waals surface area contributed by atoms with Crippen molar-refractivity contribution in [3.05, 3.63) is 35.4 Å². The van der Waals surface area contributed by atoms with E-state index in [1.807, 2.05) is 31.2 Å². The third-order valence-corrected chi connectivity index (χ3v) is 4.80. The molecule has 1 aliphatic rings. The summed E-state index contributed by atoms with van der Waals surface area (Å²) < 4.78 is 5.06. The Balaban J connectivity index is 1.81. The lowest BCUT2D eigenvalue weighted by Crippen LogP contribution is -2.53. The lowest BCUT2D eigenvalue weighted by Gasteiger charge is -2.35. The predicted octanol–water partition coefficient (Wildman–Crippen LogP) is 2.07. The van der Waals surface area contributed by atoms with Crippen molar-refractivity contribution in [1.29, 1.82) is 0 Å². The van der Waals surface area contributed by atoms with Crippen molar-refractivity contribution in [3.8, 4) is 0 Å². The highest BCUT2D eigenvalue weighted by Crippen LogP contribution is 2.07. The Bertz CT molecular complexity index is 682. The van der Waals surface area contributed by atoms with Crippen LogP contribution in [-0.4, -0.2) is 74.1 Å². The minimum atomic E-state index is -0.256. The molecule has 1 aromatic rings. The van der Waals surface area contributed by atoms with E-state index in [4.69, 9.17) is 4.74 Å². The van der Waals surface area contributed by atoms with E-state index < -0.39 is 0 Å². The molecule has 0 saturated carbocycles. The average molecular weight is 404 g/mol. The van der Waals surface area contributed by atoms with Crippen molar-refractivity contribution < 1.29 is 14.3 Å². The Kier molecular flexibility index (Phi) is 9.27. The Morgan fingerprint density at radius 1 is 1.03 bits per heavy atom. The van der Waals surface area contributed by atoms with Gasteiger partial charge in [-0.15, -0.1) is 0 Å². The lowest BCUT2D eigenvalue weighted by atomic mass is 10.1. The normalized spacial score (nSPS) is 14.5. The number of hydrogen-bond donors (Lipinski definition) is 2. The molecule has 0 aromatic heterocycles. The van der Waals surface area contributed by atoms with Gasteiger partial charge in [0.1, 0.15) is 0 Å². The Morgan fingerprint density at radius 2 is 1.69 bits per heavy atom. The summed E-state index contributed by atoms with van der Waals surface area (Å²) in [5.41, 5.74) is 1.74. The minimum Gasteiger partial charge on any atom is -0.450 e. The van der Waals surface area contributed by atoms with Gasteiger partial charge in [-0.1, -0.05) is 25.5 Å². The number of hydrogen-bond acceptors (Lipinski definition) is 4. The zero-order valence-corrected chi connectivity index (χ0v) is 17.7. The topological polar surface area (TPSA) is 86.3 Å². The second-order valence-electron chi connectivity index (χ2n) is 6.88. The molecule has 8 nitrogen and oxygen atoms in total. The smallest absolute Gasteiger partial charge is 0.409 e. The zero-order valence-electron chi connectivity index (χ0n) is 17.7. The first-order valence-electron chi connectivity index (χ1n) is 10.3. The molecular weight excluding hydrogens is 370 g/mol. The number of amides is 2. The molecule has 0 aliphatic carbocycles. The van der Waals surface area contributed by atoms with Gasteiger partial charge < -0.3 is 25.2 Å². The molecule has 1 fully saturated rings. The fourth-order valence-electron chi connectivity index (χ4n) is 3.08. The van der Waals surface area contributed by atoms with Crippen LogP contribution in [0.25, 0.3) is 0 Å². The van der Waals surface area contributed by atoms with Gasteiger partial charge in [-0.2, -0.15) is 0 Å². The fourth-order valence-corrected chi connectivity index (χ4v) is 3.08. The van der Waals surface area contributed by atoms with Crippen LogP contribution in [0, 0.1) is 0 Å². The van der Waals surface area contributed by atoms with Crippen LogP contribution in [0.1, 0.15) is 42.6 Å². The number of nitrogens with zero attached hydrogens (tertiary/aromatic N) is 3. The third kappa shape index (κ3) is 6.96. The second kappa shape index (κ2) is 11.9. The first-order chi connectivity index (χ1) is 14.1. The van der Waals surface area contributed by atoms with Crippen molar-refractivity contribution >= 4 is 18.0 Å². The molecule has 2 amide bonds. The summed E-state index contributed by atoms with van der Waals surface area (Å²) in [5.74, 6) is 0.767. The van der Waals surface area contributed by atoms with Gasteiger partial charge in [0, 0.05) is 51.9 Å². The summed E-state index contributed by atoms with van der Waals surface area (Å²) in [4.78, 5) is 32.1. The van der Waals surface area contributed by atoms with Crippen LogP contribution in [0.15, 0.2) is 29.3 Å². The van der Waals surface area contributed by atoms with Crippen LogP contribution in [0.3, 0.4) is 0 Å². The van der Waals surface area contributed by atoms with Crippen molar-refractivity contribution in [2.75, 3.05) is 46.4 Å². The highest BCUT2D eigenvalue weighted by Gasteiger charge is 2.23. The number of piperazine rings is 1. The molecule has 2 N–H and O–H groups in total. The molecule has 0 spiro atoms. The van der Waals surface area contributed by atoms with Crippen LogP contribution in [-0.2, 0) is 11.3 Å². The number of rotatable bonds is 7. The number of carbonyl (C=O) groups is 2. The van der Waals surface area contributed by atoms with E-state index in [1.54, 1.807) is 11.9 Å². The number of aliphatic imine (C=N–C) groups is 1. The molecule has 1 saturated heterocycles. The van der Waals surface area contributed by atoms with Crippen molar-refractivity contribution in [3.63, 3.8) is 0 Å². The minimum absolute atomic E-state index is 0.0340. The van der Waals surface area contributed by atoms with Gasteiger partial charge in [-0.3, -0.25) is 9.79 Å². The zero-order chi connectivity index (χ0) is 21.1. The standard InChI is InChI=1S/C21H33N5O3/c1-4-6-11-23-19(27)18-9-7-17(8-10-18)16-24-20(22-3)25-12-14-26(15-13-25)21(28)29-5-2/h7-10H,4-6,11-16H2,1-3H3,(H,22,24)(H,23,27). The molecule has 160 valence electrons. The second-order valence-corrected chi connectivity index (χ2v) is 6.88.